The molecule has 0 heterocycles. The van der Waals surface area contributed by atoms with Crippen LogP contribution in [0, 0.1) is 6.92 Å². The number of carbonyl (C=O) groups is 1. The second-order valence-corrected chi connectivity index (χ2v) is 4.80. The van der Waals surface area contributed by atoms with Crippen LogP contribution in [0.1, 0.15) is 12.5 Å². The normalized spacial score (nSPS) is 9.69. The van der Waals surface area contributed by atoms with E-state index in [1.165, 1.54) is 16.9 Å². The summed E-state index contributed by atoms with van der Waals surface area (Å²) in [5, 5.41) is 0. The summed E-state index contributed by atoms with van der Waals surface area (Å²) in [6.07, 6.45) is 0. The fourth-order valence-corrected chi connectivity index (χ4v) is 2.26. The number of hydrogen-bond acceptors (Lipinski definition) is 2. The summed E-state index contributed by atoms with van der Waals surface area (Å²) < 4.78 is 6.13. The fourth-order valence-electron chi connectivity index (χ4n) is 0.815. The third-order valence-electron chi connectivity index (χ3n) is 1.51. The Bertz CT molecular complexity index is 279. The average Bonchev–Trinajstić information content (AvgIpc) is 2.08. The summed E-state index contributed by atoms with van der Waals surface area (Å²) in [6.45, 7) is 3.49. The molecule has 1 rings (SSSR count). The van der Waals surface area contributed by atoms with Crippen molar-refractivity contribution in [2.45, 2.75) is 13.8 Å². The molecule has 0 N–H and O–H groups in total. The fraction of sp³-hybridized carbons (Fsp3) is 0.300. The summed E-state index contributed by atoms with van der Waals surface area (Å²) >= 11 is 0.249. The number of benzene rings is 1. The van der Waals surface area contributed by atoms with E-state index < -0.39 is 0 Å². The van der Waals surface area contributed by atoms with Crippen LogP contribution < -0.4 is 4.46 Å². The Kier molecular flexibility index (Phi) is 4.00. The molecule has 1 aromatic carbocycles. The van der Waals surface area contributed by atoms with Gasteiger partial charge in [-0.25, -0.2) is 0 Å². The molecule has 0 bridgehead atoms. The Morgan fingerprint density at radius 1 is 1.38 bits per heavy atom. The second kappa shape index (κ2) is 5.05. The zero-order valence-electron chi connectivity index (χ0n) is 7.74. The molecule has 1 aromatic rings. The van der Waals surface area contributed by atoms with Crippen molar-refractivity contribution in [1.82, 2.24) is 0 Å². The van der Waals surface area contributed by atoms with Crippen LogP contribution in [-0.4, -0.2) is 26.4 Å². The van der Waals surface area contributed by atoms with Gasteiger partial charge < -0.3 is 0 Å². The van der Waals surface area contributed by atoms with Gasteiger partial charge in [-0.3, -0.25) is 0 Å². The number of hydrogen-bond donors (Lipinski definition) is 0. The molecule has 2 nitrogen and oxygen atoms in total. The van der Waals surface area contributed by atoms with Crippen LogP contribution in [0.25, 0.3) is 0 Å². The van der Waals surface area contributed by atoms with Crippen molar-refractivity contribution in [2.75, 3.05) is 5.51 Å². The first-order valence-electron chi connectivity index (χ1n) is 4.01. The van der Waals surface area contributed by atoms with Gasteiger partial charge in [-0.1, -0.05) is 0 Å². The van der Waals surface area contributed by atoms with Crippen LogP contribution in [0.4, 0.5) is 0 Å². The summed E-state index contributed by atoms with van der Waals surface area (Å²) in [5.74, 6) is -0.200. The number of rotatable bonds is 3. The Morgan fingerprint density at radius 2 is 2.00 bits per heavy atom. The van der Waals surface area contributed by atoms with Crippen LogP contribution in [0.2, 0.25) is 0 Å². The number of esters is 1. The maximum absolute atomic E-state index is 10.5. The van der Waals surface area contributed by atoms with Crippen molar-refractivity contribution in [3.05, 3.63) is 29.8 Å². The molecular weight excluding hydrogens is 231 g/mol. The van der Waals surface area contributed by atoms with Crippen molar-refractivity contribution in [3.8, 4) is 0 Å². The van der Waals surface area contributed by atoms with Crippen LogP contribution in [-0.2, 0) is 9.53 Å². The van der Waals surface area contributed by atoms with Crippen LogP contribution in [0.5, 0.6) is 0 Å². The van der Waals surface area contributed by atoms with E-state index >= 15 is 0 Å². The Morgan fingerprint density at radius 3 is 2.54 bits per heavy atom. The first kappa shape index (κ1) is 10.3. The molecule has 0 saturated heterocycles. The zero-order valence-corrected chi connectivity index (χ0v) is 9.45. The molecule has 0 unspecified atom stereocenters. The predicted molar refractivity (Wildman–Crippen MR) is 53.2 cm³/mol. The maximum atomic E-state index is 10.5. The van der Waals surface area contributed by atoms with E-state index in [9.17, 15) is 4.79 Å². The van der Waals surface area contributed by atoms with Crippen LogP contribution in [0.15, 0.2) is 24.3 Å². The quantitative estimate of drug-likeness (QED) is 0.581. The average molecular weight is 243 g/mol. The third kappa shape index (κ3) is 4.11. The molecule has 0 fully saturated rings. The second-order valence-electron chi connectivity index (χ2n) is 2.71. The van der Waals surface area contributed by atoms with Gasteiger partial charge in [0.15, 0.2) is 0 Å². The minimum atomic E-state index is -0.200. The van der Waals surface area contributed by atoms with Crippen molar-refractivity contribution in [3.63, 3.8) is 0 Å². The van der Waals surface area contributed by atoms with Crippen LogP contribution in [0.3, 0.4) is 0 Å². The van der Waals surface area contributed by atoms with Gasteiger partial charge in [0.2, 0.25) is 0 Å². The van der Waals surface area contributed by atoms with E-state index in [0.717, 1.165) is 0 Å². The van der Waals surface area contributed by atoms with Crippen molar-refractivity contribution >= 4 is 25.4 Å². The Balaban J connectivity index is 2.37. The number of aryl methyl sites for hydroxylation is 1. The van der Waals surface area contributed by atoms with E-state index in [1.807, 2.05) is 0 Å². The van der Waals surface area contributed by atoms with E-state index in [4.69, 9.17) is 4.74 Å². The minimum absolute atomic E-state index is 0.200. The standard InChI is InChI=1S/C10H12O2Se/c1-8-3-5-10(6-4-8)13-7-12-9(2)11/h3-6H,7H2,1-2H3. The van der Waals surface area contributed by atoms with E-state index in [0.29, 0.717) is 5.51 Å². The first-order chi connectivity index (χ1) is 6.18. The molecule has 3 heteroatoms. The molecule has 0 spiro atoms. The summed E-state index contributed by atoms with van der Waals surface area (Å²) in [6, 6.07) is 8.31. The molecule has 13 heavy (non-hydrogen) atoms. The summed E-state index contributed by atoms with van der Waals surface area (Å²) in [5.41, 5.74) is 1.79. The molecule has 0 radical (unpaired) electrons. The van der Waals surface area contributed by atoms with Gasteiger partial charge in [-0.15, -0.1) is 0 Å². The van der Waals surface area contributed by atoms with Gasteiger partial charge in [-0.2, -0.15) is 0 Å². The van der Waals surface area contributed by atoms with Crippen molar-refractivity contribution in [1.29, 1.82) is 0 Å². The molecule has 0 amide bonds. The molecule has 0 aromatic heterocycles. The zero-order chi connectivity index (χ0) is 9.68. The predicted octanol–water partition coefficient (Wildman–Crippen LogP) is 0.845. The summed E-state index contributed by atoms with van der Waals surface area (Å²) in [7, 11) is 0. The Labute approximate surface area is 84.4 Å². The molecule has 0 atom stereocenters. The molecule has 0 aliphatic heterocycles. The van der Waals surface area contributed by atoms with E-state index in [-0.39, 0.29) is 20.9 Å². The monoisotopic (exact) mass is 244 g/mol. The molecule has 0 aliphatic rings. The third-order valence-corrected chi connectivity index (χ3v) is 3.27. The van der Waals surface area contributed by atoms with Crippen LogP contribution >= 0.6 is 0 Å². The molecular formula is C10H12O2Se. The van der Waals surface area contributed by atoms with Gasteiger partial charge in [0.1, 0.15) is 0 Å². The van der Waals surface area contributed by atoms with Crippen molar-refractivity contribution < 1.29 is 9.53 Å². The van der Waals surface area contributed by atoms with E-state index in [1.54, 1.807) is 0 Å². The number of ether oxygens (including phenoxy) is 1. The van der Waals surface area contributed by atoms with Gasteiger partial charge in [0.05, 0.1) is 0 Å². The molecule has 0 saturated carbocycles. The van der Waals surface area contributed by atoms with E-state index in [2.05, 4.69) is 31.2 Å². The summed E-state index contributed by atoms with van der Waals surface area (Å²) in [4.78, 5) is 10.5. The van der Waals surface area contributed by atoms with Gasteiger partial charge >= 0.3 is 84.1 Å². The van der Waals surface area contributed by atoms with Gasteiger partial charge in [0, 0.05) is 0 Å². The van der Waals surface area contributed by atoms with Crippen molar-refractivity contribution in [2.24, 2.45) is 0 Å². The Hall–Kier alpha value is -0.791. The number of carbonyl (C=O) groups excluding carboxylic acids is 1. The molecule has 0 aliphatic carbocycles. The SMILES string of the molecule is CC(=O)OC[Se]c1ccc(C)cc1. The first-order valence-corrected chi connectivity index (χ1v) is 6.08. The molecule has 70 valence electrons. The topological polar surface area (TPSA) is 26.3 Å². The van der Waals surface area contributed by atoms with Gasteiger partial charge in [-0.05, 0) is 0 Å². The van der Waals surface area contributed by atoms with Gasteiger partial charge in [0.25, 0.3) is 0 Å².